The van der Waals surface area contributed by atoms with Crippen LogP contribution in [-0.4, -0.2) is 37.0 Å². The Balaban J connectivity index is 1.44. The van der Waals surface area contributed by atoms with Crippen LogP contribution in [0.25, 0.3) is 6.08 Å². The number of methoxy groups -OCH3 is 2. The van der Waals surface area contributed by atoms with E-state index < -0.39 is 0 Å². The van der Waals surface area contributed by atoms with E-state index in [2.05, 4.69) is 5.32 Å². The van der Waals surface area contributed by atoms with Crippen LogP contribution in [0.1, 0.15) is 11.1 Å². The molecule has 9 heteroatoms. The minimum atomic E-state index is -0.314. The number of carbonyl (C=O) groups excluding carboxylic acids is 2. The number of thioether (sulfide) groups is 1. The highest BCUT2D eigenvalue weighted by Crippen LogP contribution is 2.38. The summed E-state index contributed by atoms with van der Waals surface area (Å²) in [7, 11) is 3.09. The molecule has 184 valence electrons. The highest BCUT2D eigenvalue weighted by Gasteiger charge is 2.34. The molecule has 0 unspecified atom stereocenters. The highest BCUT2D eigenvalue weighted by molar-refractivity contribution is 8.27. The van der Waals surface area contributed by atoms with Crippen molar-refractivity contribution in [2.24, 2.45) is 0 Å². The first-order valence-corrected chi connectivity index (χ1v) is 12.2. The number of aryl methyl sites for hydroxylation is 1. The molecule has 1 aliphatic rings. The van der Waals surface area contributed by atoms with Gasteiger partial charge in [-0.1, -0.05) is 48.2 Å². The van der Waals surface area contributed by atoms with Crippen molar-refractivity contribution >= 4 is 57.6 Å². The minimum Gasteiger partial charge on any atom is -0.497 e. The van der Waals surface area contributed by atoms with Crippen molar-refractivity contribution < 1.29 is 23.8 Å². The molecule has 1 aliphatic heterocycles. The molecule has 0 saturated carbocycles. The van der Waals surface area contributed by atoms with Gasteiger partial charge < -0.3 is 19.5 Å². The van der Waals surface area contributed by atoms with E-state index in [-0.39, 0.29) is 18.4 Å². The molecule has 0 aromatic heterocycles. The number of nitrogens with one attached hydrogen (secondary N) is 1. The topological polar surface area (TPSA) is 77.1 Å². The van der Waals surface area contributed by atoms with Crippen LogP contribution < -0.4 is 24.4 Å². The van der Waals surface area contributed by atoms with Gasteiger partial charge in [-0.3, -0.25) is 14.5 Å². The molecule has 1 saturated heterocycles. The Morgan fingerprint density at radius 3 is 2.47 bits per heavy atom. The number of ether oxygens (including phenoxy) is 3. The third kappa shape index (κ3) is 5.69. The molecule has 1 heterocycles. The summed E-state index contributed by atoms with van der Waals surface area (Å²) in [6.07, 6.45) is 1.76. The van der Waals surface area contributed by atoms with Gasteiger partial charge >= 0.3 is 0 Å². The fraction of sp³-hybridized carbons (Fsp3) is 0.148. The van der Waals surface area contributed by atoms with E-state index >= 15 is 0 Å². The van der Waals surface area contributed by atoms with Crippen LogP contribution in [-0.2, 0) is 9.59 Å². The Morgan fingerprint density at radius 2 is 1.78 bits per heavy atom. The lowest BCUT2D eigenvalue weighted by Gasteiger charge is -2.16. The van der Waals surface area contributed by atoms with E-state index in [4.69, 9.17) is 26.4 Å². The third-order valence-corrected chi connectivity index (χ3v) is 6.67. The summed E-state index contributed by atoms with van der Waals surface area (Å²) in [5, 5.41) is 2.76. The smallest absolute Gasteiger partial charge is 0.270 e. The summed E-state index contributed by atoms with van der Waals surface area (Å²) in [6, 6.07) is 19.9. The second kappa shape index (κ2) is 11.3. The first-order valence-electron chi connectivity index (χ1n) is 11.0. The number of carbonyl (C=O) groups is 2. The standard InChI is InChI=1S/C27H24N2O5S2/c1-17-6-4-5-7-21(17)29-26(31)24(36-27(29)35)15-18-8-13-22(23(14-18)33-3)34-16-25(30)28-19-9-11-20(32-2)12-10-19/h4-15H,16H2,1-3H3,(H,28,30)/b24-15-. The lowest BCUT2D eigenvalue weighted by atomic mass is 10.1. The number of rotatable bonds is 8. The third-order valence-electron chi connectivity index (χ3n) is 5.37. The van der Waals surface area contributed by atoms with E-state index in [0.717, 1.165) is 16.8 Å². The van der Waals surface area contributed by atoms with Crippen molar-refractivity contribution in [3.05, 3.63) is 82.8 Å². The van der Waals surface area contributed by atoms with Gasteiger partial charge in [0.15, 0.2) is 22.4 Å². The number of thiocarbonyl (C=S) groups is 1. The summed E-state index contributed by atoms with van der Waals surface area (Å²) >= 11 is 6.73. The molecule has 7 nitrogen and oxygen atoms in total. The first-order chi connectivity index (χ1) is 17.4. The zero-order valence-electron chi connectivity index (χ0n) is 19.9. The number of para-hydroxylation sites is 1. The van der Waals surface area contributed by atoms with Gasteiger partial charge in [0, 0.05) is 5.69 Å². The van der Waals surface area contributed by atoms with Gasteiger partial charge in [-0.15, -0.1) is 0 Å². The summed E-state index contributed by atoms with van der Waals surface area (Å²) in [5.74, 6) is 1.06. The molecule has 1 fully saturated rings. The molecule has 36 heavy (non-hydrogen) atoms. The maximum absolute atomic E-state index is 13.1. The van der Waals surface area contributed by atoms with Crippen molar-refractivity contribution in [1.29, 1.82) is 0 Å². The molecule has 0 radical (unpaired) electrons. The predicted octanol–water partition coefficient (Wildman–Crippen LogP) is 5.44. The van der Waals surface area contributed by atoms with E-state index in [1.165, 1.54) is 18.9 Å². The summed E-state index contributed by atoms with van der Waals surface area (Å²) in [4.78, 5) is 27.5. The lowest BCUT2D eigenvalue weighted by Crippen LogP contribution is -2.28. The number of hydrogen-bond donors (Lipinski definition) is 1. The van der Waals surface area contributed by atoms with Crippen LogP contribution >= 0.6 is 24.0 Å². The molecular formula is C27H24N2O5S2. The number of amides is 2. The Morgan fingerprint density at radius 1 is 1.03 bits per heavy atom. The van der Waals surface area contributed by atoms with Gasteiger partial charge in [0.1, 0.15) is 5.75 Å². The Hall–Kier alpha value is -3.82. The van der Waals surface area contributed by atoms with Crippen LogP contribution in [0.2, 0.25) is 0 Å². The van der Waals surface area contributed by atoms with E-state index in [9.17, 15) is 9.59 Å². The summed E-state index contributed by atoms with van der Waals surface area (Å²) in [6.45, 7) is 1.75. The van der Waals surface area contributed by atoms with Crippen molar-refractivity contribution in [1.82, 2.24) is 0 Å². The highest BCUT2D eigenvalue weighted by atomic mass is 32.2. The lowest BCUT2D eigenvalue weighted by molar-refractivity contribution is -0.118. The molecule has 0 spiro atoms. The molecule has 4 rings (SSSR count). The van der Waals surface area contributed by atoms with Crippen LogP contribution in [0.5, 0.6) is 17.2 Å². The molecule has 0 bridgehead atoms. The van der Waals surface area contributed by atoms with Gasteiger partial charge in [-0.25, -0.2) is 0 Å². The van der Waals surface area contributed by atoms with Crippen molar-refractivity contribution in [3.8, 4) is 17.2 Å². The molecule has 1 N–H and O–H groups in total. The van der Waals surface area contributed by atoms with Crippen molar-refractivity contribution in [3.63, 3.8) is 0 Å². The molecular weight excluding hydrogens is 496 g/mol. The first kappa shape index (κ1) is 25.3. The van der Waals surface area contributed by atoms with E-state index in [1.54, 1.807) is 60.6 Å². The molecule has 2 amide bonds. The molecule has 0 aliphatic carbocycles. The second-order valence-electron chi connectivity index (χ2n) is 7.78. The van der Waals surface area contributed by atoms with E-state index in [1.807, 2.05) is 31.2 Å². The molecule has 3 aromatic rings. The SMILES string of the molecule is COc1ccc(NC(=O)COc2ccc(/C=C3\SC(=S)N(c4ccccc4C)C3=O)cc2OC)cc1. The Bertz CT molecular complexity index is 1340. The fourth-order valence-corrected chi connectivity index (χ4v) is 4.83. The normalized spacial score (nSPS) is 14.2. The van der Waals surface area contributed by atoms with Gasteiger partial charge in [0.25, 0.3) is 11.8 Å². The number of nitrogens with zero attached hydrogens (tertiary/aromatic N) is 1. The Kier molecular flexibility index (Phi) is 7.92. The monoisotopic (exact) mass is 520 g/mol. The average molecular weight is 521 g/mol. The zero-order chi connectivity index (χ0) is 25.7. The maximum atomic E-state index is 13.1. The fourth-order valence-electron chi connectivity index (χ4n) is 3.55. The average Bonchev–Trinajstić information content (AvgIpc) is 3.16. The quantitative estimate of drug-likeness (QED) is 0.313. The van der Waals surface area contributed by atoms with Gasteiger partial charge in [-0.2, -0.15) is 0 Å². The predicted molar refractivity (Wildman–Crippen MR) is 147 cm³/mol. The van der Waals surface area contributed by atoms with Crippen molar-refractivity contribution in [2.45, 2.75) is 6.92 Å². The van der Waals surface area contributed by atoms with Gasteiger partial charge in [0.2, 0.25) is 0 Å². The largest absolute Gasteiger partial charge is 0.497 e. The number of benzene rings is 3. The molecule has 0 atom stereocenters. The van der Waals surface area contributed by atoms with Gasteiger partial charge in [-0.05, 0) is 66.6 Å². The second-order valence-corrected chi connectivity index (χ2v) is 9.46. The summed E-state index contributed by atoms with van der Waals surface area (Å²) < 4.78 is 16.7. The Labute approximate surface area is 219 Å². The van der Waals surface area contributed by atoms with Gasteiger partial charge in [0.05, 0.1) is 24.8 Å². The van der Waals surface area contributed by atoms with E-state index in [0.29, 0.717) is 32.2 Å². The maximum Gasteiger partial charge on any atom is 0.270 e. The zero-order valence-corrected chi connectivity index (χ0v) is 21.6. The number of anilines is 2. The summed E-state index contributed by atoms with van der Waals surface area (Å²) in [5.41, 5.74) is 3.12. The van der Waals surface area contributed by atoms with Crippen molar-refractivity contribution in [2.75, 3.05) is 31.0 Å². The minimum absolute atomic E-state index is 0.172. The van der Waals surface area contributed by atoms with Crippen LogP contribution in [0.15, 0.2) is 71.6 Å². The van der Waals surface area contributed by atoms with Crippen LogP contribution in [0, 0.1) is 6.92 Å². The van der Waals surface area contributed by atoms with Crippen LogP contribution in [0.3, 0.4) is 0 Å². The van der Waals surface area contributed by atoms with Crippen LogP contribution in [0.4, 0.5) is 11.4 Å². The molecule has 3 aromatic carbocycles. The number of hydrogen-bond acceptors (Lipinski definition) is 7.